The Morgan fingerprint density at radius 3 is 1.54 bits per heavy atom. The third-order valence-electron chi connectivity index (χ3n) is 4.15. The van der Waals surface area contributed by atoms with Crippen molar-refractivity contribution in [2.45, 2.75) is 84.0 Å². The van der Waals surface area contributed by atoms with Crippen LogP contribution in [0, 0.1) is 0 Å². The fraction of sp³-hybridized carbons (Fsp3) is 0.850. The summed E-state index contributed by atoms with van der Waals surface area (Å²) in [6.45, 7) is 7.11. The van der Waals surface area contributed by atoms with E-state index in [4.69, 9.17) is 4.74 Å². The molecule has 144 valence electrons. The Labute approximate surface area is 156 Å². The number of carbonyl (C=O) groups excluding carboxylic acids is 1. The van der Waals surface area contributed by atoms with Crippen LogP contribution >= 0.6 is 0 Å². The van der Waals surface area contributed by atoms with E-state index in [-0.39, 0.29) is 18.4 Å². The van der Waals surface area contributed by atoms with Crippen molar-refractivity contribution in [2.24, 2.45) is 0 Å². The molecule has 0 rings (SSSR count). The number of halogens is 1. The van der Waals surface area contributed by atoms with Gasteiger partial charge in [-0.15, -0.1) is 0 Å². The molecule has 0 radical (unpaired) electrons. The smallest absolute Gasteiger partial charge is 0.333 e. The van der Waals surface area contributed by atoms with Crippen LogP contribution in [0.3, 0.4) is 0 Å². The van der Waals surface area contributed by atoms with E-state index in [1.165, 1.54) is 70.8 Å². The van der Waals surface area contributed by atoms with E-state index in [0.717, 1.165) is 12.8 Å². The number of carbonyl (C=O) groups is 1. The van der Waals surface area contributed by atoms with Gasteiger partial charge in [-0.3, -0.25) is 0 Å². The van der Waals surface area contributed by atoms with Gasteiger partial charge in [0.15, 0.2) is 0 Å². The molecule has 0 aromatic carbocycles. The Hall–Kier alpha value is -0.540. The van der Waals surface area contributed by atoms with Crippen molar-refractivity contribution in [3.63, 3.8) is 0 Å². The second-order valence-corrected chi connectivity index (χ2v) is 7.12. The zero-order chi connectivity index (χ0) is 17.3. The van der Waals surface area contributed by atoms with Crippen LogP contribution in [0.4, 0.5) is 0 Å². The van der Waals surface area contributed by atoms with Gasteiger partial charge in [0.25, 0.3) is 0 Å². The van der Waals surface area contributed by atoms with Crippen LogP contribution in [0.5, 0.6) is 0 Å². The fourth-order valence-electron chi connectivity index (χ4n) is 2.64. The summed E-state index contributed by atoms with van der Waals surface area (Å²) < 4.78 is 5.08. The molecule has 0 aromatic heterocycles. The van der Waals surface area contributed by atoms with Crippen LogP contribution in [-0.2, 0) is 9.53 Å². The van der Waals surface area contributed by atoms with E-state index in [0.29, 0.717) is 12.2 Å². The highest BCUT2D eigenvalue weighted by Gasteiger charge is 2.01. The topological polar surface area (TPSA) is 30.7 Å². The Morgan fingerprint density at radius 1 is 0.792 bits per heavy atom. The molecule has 0 fully saturated rings. The highest BCUT2D eigenvalue weighted by Crippen LogP contribution is 2.11. The minimum absolute atomic E-state index is 0. The van der Waals surface area contributed by atoms with E-state index in [1.54, 1.807) is 11.8 Å². The molecule has 0 atom stereocenters. The first-order valence-electron chi connectivity index (χ1n) is 9.65. The van der Waals surface area contributed by atoms with Crippen molar-refractivity contribution in [2.75, 3.05) is 27.2 Å². The minimum atomic E-state index is -0.257. The average molecular weight is 362 g/mol. The summed E-state index contributed by atoms with van der Waals surface area (Å²) in [4.78, 5) is 12.7. The van der Waals surface area contributed by atoms with Crippen LogP contribution in [0.2, 0.25) is 0 Å². The molecular weight excluding hydrogens is 322 g/mol. The molecule has 4 heteroatoms. The van der Waals surface area contributed by atoms with E-state index in [2.05, 4.69) is 20.7 Å². The van der Waals surface area contributed by atoms with Gasteiger partial charge in [-0.25, -0.2) is 4.79 Å². The van der Waals surface area contributed by atoms with Gasteiger partial charge in [0.05, 0.1) is 27.2 Å². The summed E-state index contributed by atoms with van der Waals surface area (Å²) in [6.07, 6.45) is 15.9. The van der Waals surface area contributed by atoms with Gasteiger partial charge in [-0.05, 0) is 26.2 Å². The summed E-state index contributed by atoms with van der Waals surface area (Å²) in [7, 11) is 4.46. The Balaban J connectivity index is 0. The summed E-state index contributed by atoms with van der Waals surface area (Å²) in [6, 6.07) is 0. The van der Waals surface area contributed by atoms with E-state index >= 15 is 0 Å². The molecule has 0 heterocycles. The largest absolute Gasteiger partial charge is 1.00 e. The van der Waals surface area contributed by atoms with Crippen LogP contribution in [0.25, 0.3) is 0 Å². The van der Waals surface area contributed by atoms with Crippen molar-refractivity contribution in [3.05, 3.63) is 12.2 Å². The Kier molecular flexibility index (Phi) is 20.1. The van der Waals surface area contributed by atoms with Gasteiger partial charge >= 0.3 is 5.97 Å². The summed E-state index contributed by atoms with van der Waals surface area (Å²) >= 11 is 0. The van der Waals surface area contributed by atoms with E-state index in [9.17, 15) is 4.79 Å². The van der Waals surface area contributed by atoms with Crippen molar-refractivity contribution in [1.82, 2.24) is 0 Å². The normalized spacial score (nSPS) is 10.5. The maximum Gasteiger partial charge on any atom is 0.333 e. The zero-order valence-corrected chi connectivity index (χ0v) is 17.1. The standard InChI is InChI=1S/C20H39NO2.ClH/c1-19(2)20(22)23-18-16-14-12-10-8-6-5-7-9-11-13-15-17-21(3)4;/h1,5-18H2,2-4H3;1H. The van der Waals surface area contributed by atoms with Gasteiger partial charge < -0.3 is 22.0 Å². The van der Waals surface area contributed by atoms with Crippen molar-refractivity contribution in [1.29, 1.82) is 0 Å². The molecule has 0 saturated heterocycles. The summed E-state index contributed by atoms with van der Waals surface area (Å²) in [5.41, 5.74) is 0.490. The molecule has 0 aliphatic rings. The minimum Gasteiger partial charge on any atom is -1.00 e. The molecule has 0 amide bonds. The first-order valence-corrected chi connectivity index (χ1v) is 9.65. The van der Waals surface area contributed by atoms with Gasteiger partial charge in [0, 0.05) is 5.57 Å². The molecule has 1 N–H and O–H groups in total. The third kappa shape index (κ3) is 19.5. The van der Waals surface area contributed by atoms with Crippen LogP contribution in [-0.4, -0.2) is 33.2 Å². The number of hydrogen-bond donors (Lipinski definition) is 1. The number of rotatable bonds is 16. The maximum absolute atomic E-state index is 11.2. The van der Waals surface area contributed by atoms with Crippen LogP contribution in [0.15, 0.2) is 12.2 Å². The van der Waals surface area contributed by atoms with Crippen molar-refractivity contribution >= 4 is 5.97 Å². The molecular formula is C20H40ClNO2. The lowest BCUT2D eigenvalue weighted by molar-refractivity contribution is -0.858. The van der Waals surface area contributed by atoms with Gasteiger partial charge in [0.1, 0.15) is 0 Å². The molecule has 24 heavy (non-hydrogen) atoms. The van der Waals surface area contributed by atoms with Gasteiger partial charge in [-0.1, -0.05) is 64.4 Å². The second kappa shape index (κ2) is 18.8. The molecule has 0 bridgehead atoms. The SMILES string of the molecule is C=C(C)C(=O)OCCCCCCCCCCCCCC[NH+](C)C.[Cl-]. The number of esters is 1. The Morgan fingerprint density at radius 2 is 1.17 bits per heavy atom. The Bertz CT molecular complexity index is 306. The molecule has 0 spiro atoms. The summed E-state index contributed by atoms with van der Waals surface area (Å²) in [5, 5.41) is 0. The lowest BCUT2D eigenvalue weighted by atomic mass is 10.1. The zero-order valence-electron chi connectivity index (χ0n) is 16.3. The molecule has 3 nitrogen and oxygen atoms in total. The fourth-order valence-corrected chi connectivity index (χ4v) is 2.64. The van der Waals surface area contributed by atoms with E-state index in [1.807, 2.05) is 0 Å². The molecule has 0 unspecified atom stereocenters. The van der Waals surface area contributed by atoms with Gasteiger partial charge in [-0.2, -0.15) is 0 Å². The molecule has 0 aliphatic carbocycles. The third-order valence-corrected chi connectivity index (χ3v) is 4.15. The predicted octanol–water partition coefficient (Wildman–Crippen LogP) is 0.935. The first-order chi connectivity index (χ1) is 11.0. The molecule has 0 saturated carbocycles. The predicted molar refractivity (Wildman–Crippen MR) is 98.9 cm³/mol. The quantitative estimate of drug-likeness (QED) is 0.252. The number of nitrogens with one attached hydrogen (secondary N) is 1. The second-order valence-electron chi connectivity index (χ2n) is 7.12. The highest BCUT2D eigenvalue weighted by atomic mass is 35.5. The number of hydrogen-bond acceptors (Lipinski definition) is 2. The number of ether oxygens (including phenoxy) is 1. The van der Waals surface area contributed by atoms with Crippen LogP contribution in [0.1, 0.15) is 84.0 Å². The van der Waals surface area contributed by atoms with Crippen molar-refractivity contribution < 1.29 is 26.8 Å². The number of unbranched alkanes of at least 4 members (excludes halogenated alkanes) is 11. The molecule has 0 aliphatic heterocycles. The monoisotopic (exact) mass is 361 g/mol. The lowest BCUT2D eigenvalue weighted by Crippen LogP contribution is -3.05. The van der Waals surface area contributed by atoms with E-state index < -0.39 is 0 Å². The lowest BCUT2D eigenvalue weighted by Gasteiger charge is -2.06. The summed E-state index contributed by atoms with van der Waals surface area (Å²) in [5.74, 6) is -0.257. The van der Waals surface area contributed by atoms with Crippen molar-refractivity contribution in [3.8, 4) is 0 Å². The van der Waals surface area contributed by atoms with Crippen LogP contribution < -0.4 is 17.3 Å². The van der Waals surface area contributed by atoms with Gasteiger partial charge in [0.2, 0.25) is 0 Å². The average Bonchev–Trinajstić information content (AvgIpc) is 2.50. The number of quaternary nitrogens is 1. The highest BCUT2D eigenvalue weighted by molar-refractivity contribution is 5.86. The maximum atomic E-state index is 11.2. The first kappa shape index (κ1) is 25.7. The molecule has 0 aromatic rings.